The van der Waals surface area contributed by atoms with Crippen LogP contribution in [-0.2, 0) is 14.8 Å². The van der Waals surface area contributed by atoms with Crippen LogP contribution < -0.4 is 0 Å². The molecule has 4 rings (SSSR count). The molecule has 0 unspecified atom stereocenters. The normalized spacial score (nSPS) is 11.6. The van der Waals surface area contributed by atoms with Crippen molar-refractivity contribution in [1.82, 2.24) is 3.97 Å². The Morgan fingerprint density at radius 1 is 0.900 bits per heavy atom. The van der Waals surface area contributed by atoms with Crippen LogP contribution in [0, 0.1) is 11.6 Å². The Kier molecular flexibility index (Phi) is 4.87. The highest BCUT2D eigenvalue weighted by atomic mass is 32.2. The number of fused-ring (bicyclic) bond motifs is 1. The van der Waals surface area contributed by atoms with Crippen LogP contribution in [0.4, 0.5) is 8.78 Å². The average Bonchev–Trinajstić information content (AvgIpc) is 3.12. The van der Waals surface area contributed by atoms with E-state index >= 15 is 0 Å². The molecule has 1 aromatic heterocycles. The number of esters is 1. The number of hydrogen-bond donors (Lipinski definition) is 0. The van der Waals surface area contributed by atoms with Gasteiger partial charge in [-0.15, -0.1) is 0 Å². The molecule has 0 saturated heterocycles. The highest BCUT2D eigenvalue weighted by Crippen LogP contribution is 2.35. The second kappa shape index (κ2) is 7.38. The molecule has 0 amide bonds. The number of carbonyl (C=O) groups is 1. The topological polar surface area (TPSA) is 65.4 Å². The minimum Gasteiger partial charge on any atom is -0.465 e. The number of benzene rings is 3. The zero-order valence-corrected chi connectivity index (χ0v) is 16.5. The van der Waals surface area contributed by atoms with Gasteiger partial charge in [0.1, 0.15) is 11.6 Å². The molecule has 0 aliphatic heterocycles. The van der Waals surface area contributed by atoms with Gasteiger partial charge in [0, 0.05) is 5.39 Å². The molecule has 3 aromatic carbocycles. The van der Waals surface area contributed by atoms with Crippen molar-refractivity contribution in [3.63, 3.8) is 0 Å². The largest absolute Gasteiger partial charge is 0.465 e. The molecule has 0 radical (unpaired) electrons. The van der Waals surface area contributed by atoms with E-state index in [9.17, 15) is 22.0 Å². The molecule has 1 heterocycles. The smallest absolute Gasteiger partial charge is 0.337 e. The van der Waals surface area contributed by atoms with Crippen LogP contribution in [0.15, 0.2) is 77.7 Å². The van der Waals surface area contributed by atoms with E-state index in [0.717, 1.165) is 16.1 Å². The number of rotatable bonds is 4. The summed E-state index contributed by atoms with van der Waals surface area (Å²) in [7, 11) is -2.99. The fourth-order valence-corrected chi connectivity index (χ4v) is 4.85. The first-order chi connectivity index (χ1) is 14.3. The summed E-state index contributed by atoms with van der Waals surface area (Å²) in [5.74, 6) is -2.43. The fourth-order valence-electron chi connectivity index (χ4n) is 3.31. The average molecular weight is 427 g/mol. The van der Waals surface area contributed by atoms with E-state index in [0.29, 0.717) is 5.39 Å². The van der Waals surface area contributed by atoms with Crippen LogP contribution in [0.3, 0.4) is 0 Å². The molecule has 8 heteroatoms. The van der Waals surface area contributed by atoms with Crippen LogP contribution in [0.1, 0.15) is 10.4 Å². The maximum atomic E-state index is 14.6. The first-order valence-electron chi connectivity index (χ1n) is 8.83. The number of carbonyl (C=O) groups excluding carboxylic acids is 1. The van der Waals surface area contributed by atoms with Crippen molar-refractivity contribution >= 4 is 26.9 Å². The van der Waals surface area contributed by atoms with E-state index in [1.165, 1.54) is 49.6 Å². The van der Waals surface area contributed by atoms with Crippen molar-refractivity contribution in [1.29, 1.82) is 0 Å². The molecule has 152 valence electrons. The Morgan fingerprint density at radius 2 is 1.57 bits per heavy atom. The Balaban J connectivity index is 2.10. The van der Waals surface area contributed by atoms with Gasteiger partial charge in [-0.2, -0.15) is 0 Å². The first-order valence-corrected chi connectivity index (χ1v) is 10.3. The lowest BCUT2D eigenvalue weighted by atomic mass is 10.1. The van der Waals surface area contributed by atoms with Gasteiger partial charge >= 0.3 is 5.97 Å². The predicted molar refractivity (Wildman–Crippen MR) is 108 cm³/mol. The molecule has 0 aliphatic rings. The van der Waals surface area contributed by atoms with E-state index in [1.807, 2.05) is 0 Å². The summed E-state index contributed by atoms with van der Waals surface area (Å²) in [6.45, 7) is 0. The lowest BCUT2D eigenvalue weighted by Crippen LogP contribution is -2.15. The maximum absolute atomic E-state index is 14.6. The van der Waals surface area contributed by atoms with E-state index in [1.54, 1.807) is 18.2 Å². The van der Waals surface area contributed by atoms with E-state index in [-0.39, 0.29) is 21.7 Å². The van der Waals surface area contributed by atoms with Crippen LogP contribution in [0.5, 0.6) is 0 Å². The molecule has 0 saturated carbocycles. The predicted octanol–water partition coefficient (Wildman–Crippen LogP) is 4.61. The molecule has 5 nitrogen and oxygen atoms in total. The number of methoxy groups -OCH3 is 1. The third-order valence-corrected chi connectivity index (χ3v) is 6.42. The quantitative estimate of drug-likeness (QED) is 0.446. The minimum absolute atomic E-state index is 0.0439. The van der Waals surface area contributed by atoms with Gasteiger partial charge in [0.15, 0.2) is 0 Å². The first kappa shape index (κ1) is 19.8. The summed E-state index contributed by atoms with van der Waals surface area (Å²) in [5, 5.41) is 0.315. The number of aromatic nitrogens is 1. The second-order valence-electron chi connectivity index (χ2n) is 6.47. The Labute approximate surface area is 171 Å². The zero-order valence-electron chi connectivity index (χ0n) is 15.7. The molecular weight excluding hydrogens is 412 g/mol. The fraction of sp³-hybridized carbons (Fsp3) is 0.0455. The van der Waals surface area contributed by atoms with Crippen LogP contribution in [0.2, 0.25) is 0 Å². The Bertz CT molecular complexity index is 1360. The molecule has 0 N–H and O–H groups in total. The summed E-state index contributed by atoms with van der Waals surface area (Å²) in [5.41, 5.74) is -0.316. The summed E-state index contributed by atoms with van der Waals surface area (Å²) >= 11 is 0. The van der Waals surface area contributed by atoms with Gasteiger partial charge in [-0.3, -0.25) is 0 Å². The standard InChI is InChI=1S/C22H15F2NO4S/c1-29-22(26)14-10-11-19-15(12-14)13-20(21-17(23)8-5-9-18(21)24)25(19)30(27,28)16-6-3-2-4-7-16/h2-13H,1H3. The van der Waals surface area contributed by atoms with Crippen molar-refractivity contribution in [2.75, 3.05) is 7.11 Å². The number of hydrogen-bond acceptors (Lipinski definition) is 4. The lowest BCUT2D eigenvalue weighted by Gasteiger charge is -2.13. The van der Waals surface area contributed by atoms with E-state index < -0.39 is 33.2 Å². The van der Waals surface area contributed by atoms with Crippen molar-refractivity contribution in [2.24, 2.45) is 0 Å². The molecule has 0 aliphatic carbocycles. The molecular formula is C22H15F2NO4S. The summed E-state index contributed by atoms with van der Waals surface area (Å²) in [4.78, 5) is 11.8. The van der Waals surface area contributed by atoms with E-state index in [4.69, 9.17) is 4.74 Å². The monoisotopic (exact) mass is 427 g/mol. The lowest BCUT2D eigenvalue weighted by molar-refractivity contribution is 0.0601. The SMILES string of the molecule is COC(=O)c1ccc2c(c1)cc(-c1c(F)cccc1F)n2S(=O)(=O)c1ccccc1. The third-order valence-electron chi connectivity index (χ3n) is 4.68. The van der Waals surface area contributed by atoms with Crippen molar-refractivity contribution in [2.45, 2.75) is 4.90 Å². The molecule has 30 heavy (non-hydrogen) atoms. The van der Waals surface area contributed by atoms with Gasteiger partial charge in [-0.1, -0.05) is 24.3 Å². The minimum atomic E-state index is -4.21. The van der Waals surface area contributed by atoms with Crippen LogP contribution >= 0.6 is 0 Å². The molecule has 0 bridgehead atoms. The third kappa shape index (κ3) is 3.15. The Hall–Kier alpha value is -3.52. The second-order valence-corrected chi connectivity index (χ2v) is 8.26. The Morgan fingerprint density at radius 3 is 2.20 bits per heavy atom. The highest BCUT2D eigenvalue weighted by Gasteiger charge is 2.27. The zero-order chi connectivity index (χ0) is 21.5. The maximum Gasteiger partial charge on any atom is 0.337 e. The van der Waals surface area contributed by atoms with Gasteiger partial charge in [0.25, 0.3) is 10.0 Å². The molecule has 0 atom stereocenters. The van der Waals surface area contributed by atoms with Crippen LogP contribution in [-0.4, -0.2) is 25.5 Å². The van der Waals surface area contributed by atoms with E-state index in [2.05, 4.69) is 0 Å². The number of halogens is 2. The number of ether oxygens (including phenoxy) is 1. The number of nitrogens with zero attached hydrogens (tertiary/aromatic N) is 1. The van der Waals surface area contributed by atoms with Gasteiger partial charge in [-0.25, -0.2) is 26.0 Å². The molecule has 0 fully saturated rings. The summed E-state index contributed by atoms with van der Waals surface area (Å²) in [6.07, 6.45) is 0. The van der Waals surface area contributed by atoms with Gasteiger partial charge < -0.3 is 4.74 Å². The van der Waals surface area contributed by atoms with Gasteiger partial charge in [0.05, 0.1) is 34.3 Å². The van der Waals surface area contributed by atoms with Gasteiger partial charge in [0.2, 0.25) is 0 Å². The van der Waals surface area contributed by atoms with Crippen LogP contribution in [0.25, 0.3) is 22.2 Å². The highest BCUT2D eigenvalue weighted by molar-refractivity contribution is 7.90. The van der Waals surface area contributed by atoms with Crippen molar-refractivity contribution in [3.8, 4) is 11.3 Å². The molecule has 0 spiro atoms. The summed E-state index contributed by atoms with van der Waals surface area (Å²) < 4.78 is 61.6. The van der Waals surface area contributed by atoms with Crippen molar-refractivity contribution < 1.29 is 26.7 Å². The van der Waals surface area contributed by atoms with Gasteiger partial charge in [-0.05, 0) is 48.5 Å². The van der Waals surface area contributed by atoms with Crippen molar-refractivity contribution in [3.05, 3.63) is 90.0 Å². The molecule has 4 aromatic rings. The summed E-state index contributed by atoms with van der Waals surface area (Å²) in [6, 6.07) is 16.4.